The molecule has 0 amide bonds. The summed E-state index contributed by atoms with van der Waals surface area (Å²) in [7, 11) is 0. The van der Waals surface area contributed by atoms with Gasteiger partial charge >= 0.3 is 0 Å². The van der Waals surface area contributed by atoms with Gasteiger partial charge in [0.15, 0.2) is 0 Å². The predicted octanol–water partition coefficient (Wildman–Crippen LogP) is 0.415. The summed E-state index contributed by atoms with van der Waals surface area (Å²) >= 11 is 1.93. The fourth-order valence-corrected chi connectivity index (χ4v) is 3.12. The zero-order valence-corrected chi connectivity index (χ0v) is 7.60. The summed E-state index contributed by atoms with van der Waals surface area (Å²) < 4.78 is 2.30. The molecule has 0 aliphatic carbocycles. The zero-order valence-electron chi connectivity index (χ0n) is 6.79. The maximum atomic E-state index is 5.85. The topological polar surface area (TPSA) is 43.8 Å². The molecule has 4 heteroatoms. The van der Waals surface area contributed by atoms with Crippen LogP contribution in [0.2, 0.25) is 0 Å². The van der Waals surface area contributed by atoms with E-state index < -0.39 is 0 Å². The van der Waals surface area contributed by atoms with Crippen LogP contribution in [-0.4, -0.2) is 21.3 Å². The van der Waals surface area contributed by atoms with Crippen LogP contribution in [0, 0.1) is 0 Å². The van der Waals surface area contributed by atoms with Crippen molar-refractivity contribution in [3.8, 4) is 0 Å². The van der Waals surface area contributed by atoms with Gasteiger partial charge < -0.3 is 10.3 Å². The van der Waals surface area contributed by atoms with Gasteiger partial charge in [0.05, 0.1) is 10.7 Å². The van der Waals surface area contributed by atoms with Gasteiger partial charge in [-0.3, -0.25) is 0 Å². The third kappa shape index (κ3) is 0.793. The first-order chi connectivity index (χ1) is 5.84. The Hall–Kier alpha value is -0.480. The van der Waals surface area contributed by atoms with Crippen molar-refractivity contribution in [2.24, 2.45) is 5.73 Å². The number of fused-ring (bicyclic) bond motifs is 3. The minimum Gasteiger partial charge on any atom is -0.326 e. The van der Waals surface area contributed by atoms with E-state index >= 15 is 0 Å². The summed E-state index contributed by atoms with van der Waals surface area (Å²) in [6.07, 6.45) is 2.11. The number of hydrogen-bond acceptors (Lipinski definition) is 3. The van der Waals surface area contributed by atoms with Gasteiger partial charge in [-0.1, -0.05) is 0 Å². The Labute approximate surface area is 75.3 Å². The van der Waals surface area contributed by atoms with Crippen LogP contribution in [0.1, 0.15) is 11.5 Å². The van der Waals surface area contributed by atoms with Crippen LogP contribution < -0.4 is 5.73 Å². The lowest BCUT2D eigenvalue weighted by atomic mass is 10.2. The highest BCUT2D eigenvalue weighted by molar-refractivity contribution is 7.99. The quantitative estimate of drug-likeness (QED) is 0.630. The number of nitrogens with two attached hydrogens (primary N) is 1. The highest BCUT2D eigenvalue weighted by Crippen LogP contribution is 2.34. The fraction of sp³-hybridized carbons (Fsp3) is 0.625. The van der Waals surface area contributed by atoms with Gasteiger partial charge in [0.2, 0.25) is 0 Å². The Balaban J connectivity index is 2.12. The summed E-state index contributed by atoms with van der Waals surface area (Å²) in [5.41, 5.74) is 7.16. The van der Waals surface area contributed by atoms with Gasteiger partial charge in [-0.25, -0.2) is 4.98 Å². The van der Waals surface area contributed by atoms with Crippen LogP contribution >= 0.6 is 11.8 Å². The monoisotopic (exact) mass is 181 g/mol. The Morgan fingerprint density at radius 1 is 1.58 bits per heavy atom. The van der Waals surface area contributed by atoms with Crippen molar-refractivity contribution in [1.82, 2.24) is 9.55 Å². The van der Waals surface area contributed by atoms with Gasteiger partial charge in [-0.15, -0.1) is 11.8 Å². The van der Waals surface area contributed by atoms with Crippen LogP contribution in [0.4, 0.5) is 0 Å². The Morgan fingerprint density at radius 2 is 2.50 bits per heavy atom. The van der Waals surface area contributed by atoms with E-state index in [4.69, 9.17) is 5.73 Å². The van der Waals surface area contributed by atoms with Crippen LogP contribution in [0.5, 0.6) is 0 Å². The van der Waals surface area contributed by atoms with Crippen molar-refractivity contribution < 1.29 is 0 Å². The zero-order chi connectivity index (χ0) is 8.13. The van der Waals surface area contributed by atoms with Crippen LogP contribution in [0.15, 0.2) is 5.03 Å². The predicted molar refractivity (Wildman–Crippen MR) is 48.3 cm³/mol. The molecule has 3 rings (SSSR count). The van der Waals surface area contributed by atoms with E-state index in [2.05, 4.69) is 9.55 Å². The van der Waals surface area contributed by atoms with Gasteiger partial charge in [0.25, 0.3) is 0 Å². The van der Waals surface area contributed by atoms with E-state index in [9.17, 15) is 0 Å². The molecule has 1 unspecified atom stereocenters. The molecule has 0 bridgehead atoms. The molecule has 0 fully saturated rings. The summed E-state index contributed by atoms with van der Waals surface area (Å²) in [5, 5.41) is 1.39. The minimum absolute atomic E-state index is 0.305. The number of imidazole rings is 1. The second kappa shape index (κ2) is 2.26. The molecule has 2 aliphatic heterocycles. The van der Waals surface area contributed by atoms with Crippen molar-refractivity contribution in [2.45, 2.75) is 30.5 Å². The first-order valence-electron chi connectivity index (χ1n) is 4.31. The average molecular weight is 181 g/mol. The molecule has 0 saturated heterocycles. The summed E-state index contributed by atoms with van der Waals surface area (Å²) in [4.78, 5) is 4.58. The van der Waals surface area contributed by atoms with Crippen molar-refractivity contribution in [1.29, 1.82) is 0 Å². The van der Waals surface area contributed by atoms with Crippen LogP contribution in [-0.2, 0) is 19.4 Å². The number of aryl methyl sites for hydroxylation is 1. The highest BCUT2D eigenvalue weighted by Gasteiger charge is 2.27. The SMILES string of the molecule is NC1Cc2nc3c(n2C1)SCC3. The molecular weight excluding hydrogens is 170 g/mol. The maximum absolute atomic E-state index is 5.85. The van der Waals surface area contributed by atoms with E-state index in [0.717, 1.165) is 19.4 Å². The molecule has 1 aromatic heterocycles. The lowest BCUT2D eigenvalue weighted by Crippen LogP contribution is -2.21. The second-order valence-corrected chi connectivity index (χ2v) is 4.54. The van der Waals surface area contributed by atoms with E-state index in [0.29, 0.717) is 6.04 Å². The van der Waals surface area contributed by atoms with Crippen molar-refractivity contribution in [3.63, 3.8) is 0 Å². The number of aromatic nitrogens is 2. The standard InChI is InChI=1S/C8H11N3S/c9-5-3-7-10-6-1-2-12-8(6)11(7)4-5/h5H,1-4,9H2. The smallest absolute Gasteiger partial charge is 0.111 e. The number of thioether (sulfide) groups is 1. The molecule has 0 spiro atoms. The molecule has 64 valence electrons. The van der Waals surface area contributed by atoms with E-state index in [1.165, 1.54) is 22.3 Å². The minimum atomic E-state index is 0.305. The molecule has 2 N–H and O–H groups in total. The summed E-state index contributed by atoms with van der Waals surface area (Å²) in [6.45, 7) is 0.977. The molecule has 0 radical (unpaired) electrons. The summed E-state index contributed by atoms with van der Waals surface area (Å²) in [5.74, 6) is 2.41. The number of rotatable bonds is 0. The van der Waals surface area contributed by atoms with Crippen LogP contribution in [0.3, 0.4) is 0 Å². The lowest BCUT2D eigenvalue weighted by Gasteiger charge is -2.01. The third-order valence-corrected chi connectivity index (χ3v) is 3.64. The normalized spacial score (nSPS) is 25.9. The molecule has 2 aliphatic rings. The molecule has 0 saturated carbocycles. The number of nitrogens with zero attached hydrogens (tertiary/aromatic N) is 2. The Kier molecular flexibility index (Phi) is 1.32. The maximum Gasteiger partial charge on any atom is 0.111 e. The van der Waals surface area contributed by atoms with E-state index in [-0.39, 0.29) is 0 Å². The summed E-state index contributed by atoms with van der Waals surface area (Å²) in [6, 6.07) is 0.305. The van der Waals surface area contributed by atoms with Crippen molar-refractivity contribution >= 4 is 11.8 Å². The first-order valence-corrected chi connectivity index (χ1v) is 5.30. The molecule has 3 nitrogen and oxygen atoms in total. The molecule has 0 aromatic carbocycles. The van der Waals surface area contributed by atoms with Crippen molar-refractivity contribution in [3.05, 3.63) is 11.5 Å². The molecule has 1 aromatic rings. The van der Waals surface area contributed by atoms with Crippen LogP contribution in [0.25, 0.3) is 0 Å². The van der Waals surface area contributed by atoms with Crippen molar-refractivity contribution in [2.75, 3.05) is 5.75 Å². The highest BCUT2D eigenvalue weighted by atomic mass is 32.2. The Bertz CT molecular complexity index is 331. The molecule has 1 atom stereocenters. The van der Waals surface area contributed by atoms with Gasteiger partial charge in [0.1, 0.15) is 5.82 Å². The second-order valence-electron chi connectivity index (χ2n) is 3.45. The number of hydrogen-bond donors (Lipinski definition) is 1. The Morgan fingerprint density at radius 3 is 3.42 bits per heavy atom. The molecule has 3 heterocycles. The average Bonchev–Trinajstić information content (AvgIpc) is 2.59. The van der Waals surface area contributed by atoms with E-state index in [1.807, 2.05) is 11.8 Å². The largest absolute Gasteiger partial charge is 0.326 e. The molecular formula is C8H11N3S. The first kappa shape index (κ1) is 6.97. The molecule has 12 heavy (non-hydrogen) atoms. The van der Waals surface area contributed by atoms with Gasteiger partial charge in [0, 0.05) is 31.2 Å². The van der Waals surface area contributed by atoms with Gasteiger partial charge in [-0.05, 0) is 0 Å². The third-order valence-electron chi connectivity index (χ3n) is 2.51. The van der Waals surface area contributed by atoms with Gasteiger partial charge in [-0.2, -0.15) is 0 Å². The lowest BCUT2D eigenvalue weighted by molar-refractivity contribution is 0.611. The fourth-order valence-electron chi connectivity index (χ4n) is 1.98. The van der Waals surface area contributed by atoms with E-state index in [1.54, 1.807) is 0 Å².